The lowest BCUT2D eigenvalue weighted by Gasteiger charge is -2.30. The molecule has 3 aromatic rings. The van der Waals surface area contributed by atoms with Crippen LogP contribution in [0.5, 0.6) is 0 Å². The average Bonchev–Trinajstić information content (AvgIpc) is 3.31. The molecule has 1 aliphatic carbocycles. The molecule has 0 bridgehead atoms. The third kappa shape index (κ3) is 3.51. The van der Waals surface area contributed by atoms with E-state index in [2.05, 4.69) is 35.4 Å². The minimum absolute atomic E-state index is 0.206. The Bertz CT molecular complexity index is 1100. The van der Waals surface area contributed by atoms with E-state index in [-0.39, 0.29) is 5.91 Å². The molecule has 4 heterocycles. The number of rotatable bonds is 4. The van der Waals surface area contributed by atoms with Crippen molar-refractivity contribution in [3.63, 3.8) is 0 Å². The highest BCUT2D eigenvalue weighted by molar-refractivity contribution is 7.99. The van der Waals surface area contributed by atoms with Crippen molar-refractivity contribution in [2.24, 2.45) is 11.8 Å². The van der Waals surface area contributed by atoms with Gasteiger partial charge >= 0.3 is 0 Å². The van der Waals surface area contributed by atoms with E-state index in [1.807, 2.05) is 16.2 Å². The van der Waals surface area contributed by atoms with Gasteiger partial charge in [0.25, 0.3) is 0 Å². The summed E-state index contributed by atoms with van der Waals surface area (Å²) in [6, 6.07) is 0. The number of fused-ring (bicyclic) bond motifs is 5. The quantitative estimate of drug-likeness (QED) is 0.560. The van der Waals surface area contributed by atoms with Crippen LogP contribution in [0, 0.1) is 11.8 Å². The molecule has 2 aliphatic rings. The zero-order valence-corrected chi connectivity index (χ0v) is 19.6. The summed E-state index contributed by atoms with van der Waals surface area (Å²) in [5.41, 5.74) is 2.35. The molecule has 1 amide bonds. The Balaban J connectivity index is 1.48. The molecule has 0 saturated carbocycles. The van der Waals surface area contributed by atoms with E-state index in [0.717, 1.165) is 66.1 Å². The van der Waals surface area contributed by atoms with Crippen LogP contribution in [0.25, 0.3) is 15.9 Å². The highest BCUT2D eigenvalue weighted by Crippen LogP contribution is 2.39. The molecule has 6 nitrogen and oxygen atoms in total. The number of aryl methyl sites for hydroxylation is 2. The number of piperidine rings is 1. The van der Waals surface area contributed by atoms with E-state index in [1.54, 1.807) is 0 Å². The first-order valence-electron chi connectivity index (χ1n) is 11.1. The molecule has 0 radical (unpaired) electrons. The number of hydrogen-bond acceptors (Lipinski definition) is 6. The molecule has 3 aromatic heterocycles. The second-order valence-electron chi connectivity index (χ2n) is 8.93. The Labute approximate surface area is 185 Å². The minimum Gasteiger partial charge on any atom is -0.342 e. The zero-order valence-electron chi connectivity index (χ0n) is 18.0. The SMILES string of the molecule is CCc1nc2sc3c(c2c2nnc(SCC(=O)N4CCC[C@H](C)C4)n12)CC[C@@H](C)C3. The third-order valence-corrected chi connectivity index (χ3v) is 8.55. The van der Waals surface area contributed by atoms with Crippen molar-refractivity contribution in [1.29, 1.82) is 0 Å². The first-order chi connectivity index (χ1) is 14.5. The van der Waals surface area contributed by atoms with Gasteiger partial charge in [0.1, 0.15) is 10.7 Å². The molecule has 1 saturated heterocycles. The van der Waals surface area contributed by atoms with Gasteiger partial charge < -0.3 is 4.90 Å². The molecule has 8 heteroatoms. The molecule has 1 fully saturated rings. The fourth-order valence-corrected chi connectivity index (χ4v) is 7.09. The fourth-order valence-electron chi connectivity index (χ4n) is 4.84. The second kappa shape index (κ2) is 8.11. The van der Waals surface area contributed by atoms with Crippen molar-refractivity contribution in [3.8, 4) is 0 Å². The van der Waals surface area contributed by atoms with Gasteiger partial charge in [-0.1, -0.05) is 32.5 Å². The summed E-state index contributed by atoms with van der Waals surface area (Å²) in [5, 5.41) is 11.1. The molecule has 1 aliphatic heterocycles. The summed E-state index contributed by atoms with van der Waals surface area (Å²) in [6.45, 7) is 8.44. The predicted molar refractivity (Wildman–Crippen MR) is 122 cm³/mol. The number of carbonyl (C=O) groups is 1. The van der Waals surface area contributed by atoms with E-state index >= 15 is 0 Å². The first-order valence-corrected chi connectivity index (χ1v) is 12.9. The molecule has 2 atom stereocenters. The lowest BCUT2D eigenvalue weighted by molar-refractivity contribution is -0.130. The maximum Gasteiger partial charge on any atom is 0.233 e. The van der Waals surface area contributed by atoms with Gasteiger partial charge in [0.15, 0.2) is 10.8 Å². The Hall–Kier alpha value is -1.67. The van der Waals surface area contributed by atoms with E-state index in [4.69, 9.17) is 4.98 Å². The van der Waals surface area contributed by atoms with E-state index in [0.29, 0.717) is 11.7 Å². The maximum atomic E-state index is 12.8. The lowest BCUT2D eigenvalue weighted by Crippen LogP contribution is -2.40. The first kappa shape index (κ1) is 20.2. The number of likely N-dealkylation sites (tertiary alicyclic amines) is 1. The van der Waals surface area contributed by atoms with Crippen molar-refractivity contribution in [2.45, 2.75) is 64.5 Å². The number of hydrogen-bond donors (Lipinski definition) is 0. The van der Waals surface area contributed by atoms with Gasteiger partial charge in [0.2, 0.25) is 5.91 Å². The topological polar surface area (TPSA) is 63.4 Å². The van der Waals surface area contributed by atoms with Crippen LogP contribution in [0.2, 0.25) is 0 Å². The molecule has 5 rings (SSSR count). The standard InChI is InChI=1S/C22H29N5OS2/c1-4-17-23-21-19(15-8-7-13(2)10-16(15)30-21)20-24-25-22(27(17)20)29-12-18(28)26-9-5-6-14(3)11-26/h13-14H,4-12H2,1-3H3/t13-,14+/m1/s1. The van der Waals surface area contributed by atoms with Gasteiger partial charge in [-0.25, -0.2) is 4.98 Å². The maximum absolute atomic E-state index is 12.8. The van der Waals surface area contributed by atoms with Crippen molar-refractivity contribution < 1.29 is 4.79 Å². The van der Waals surface area contributed by atoms with Gasteiger partial charge in [-0.15, -0.1) is 21.5 Å². The number of amides is 1. The molecule has 0 aromatic carbocycles. The van der Waals surface area contributed by atoms with Crippen molar-refractivity contribution >= 4 is 44.9 Å². The number of carbonyl (C=O) groups excluding carboxylic acids is 1. The second-order valence-corrected chi connectivity index (χ2v) is 11.0. The molecule has 0 N–H and O–H groups in total. The van der Waals surface area contributed by atoms with Gasteiger partial charge in [-0.3, -0.25) is 9.20 Å². The van der Waals surface area contributed by atoms with Crippen LogP contribution in [-0.2, 0) is 24.1 Å². The number of thiophene rings is 1. The van der Waals surface area contributed by atoms with Gasteiger partial charge in [0.05, 0.1) is 11.1 Å². The molecule has 30 heavy (non-hydrogen) atoms. The molecule has 0 spiro atoms. The third-order valence-electron chi connectivity index (χ3n) is 6.49. The molecular weight excluding hydrogens is 414 g/mol. The monoisotopic (exact) mass is 443 g/mol. The average molecular weight is 444 g/mol. The molecule has 0 unspecified atom stereocenters. The highest BCUT2D eigenvalue weighted by Gasteiger charge is 2.26. The predicted octanol–water partition coefficient (Wildman–Crippen LogP) is 4.38. The summed E-state index contributed by atoms with van der Waals surface area (Å²) in [5.74, 6) is 2.93. The summed E-state index contributed by atoms with van der Waals surface area (Å²) in [7, 11) is 0. The van der Waals surface area contributed by atoms with Gasteiger partial charge in [0, 0.05) is 24.4 Å². The normalized spacial score (nSPS) is 22.0. The summed E-state index contributed by atoms with van der Waals surface area (Å²) < 4.78 is 2.10. The Morgan fingerprint density at radius 1 is 1.23 bits per heavy atom. The highest BCUT2D eigenvalue weighted by atomic mass is 32.2. The van der Waals surface area contributed by atoms with Crippen LogP contribution in [0.4, 0.5) is 0 Å². The van der Waals surface area contributed by atoms with Crippen LogP contribution < -0.4 is 0 Å². The Morgan fingerprint density at radius 2 is 2.10 bits per heavy atom. The van der Waals surface area contributed by atoms with Crippen LogP contribution in [0.1, 0.15) is 56.3 Å². The van der Waals surface area contributed by atoms with E-state index in [1.165, 1.54) is 40.4 Å². The van der Waals surface area contributed by atoms with Gasteiger partial charge in [-0.05, 0) is 49.5 Å². The van der Waals surface area contributed by atoms with Crippen molar-refractivity contribution in [3.05, 3.63) is 16.3 Å². The summed E-state index contributed by atoms with van der Waals surface area (Å²) in [6.07, 6.45) is 6.60. The molecular formula is C22H29N5OS2. The largest absolute Gasteiger partial charge is 0.342 e. The van der Waals surface area contributed by atoms with E-state index < -0.39 is 0 Å². The lowest BCUT2D eigenvalue weighted by atomic mass is 9.89. The van der Waals surface area contributed by atoms with Crippen LogP contribution in [0.3, 0.4) is 0 Å². The van der Waals surface area contributed by atoms with Crippen molar-refractivity contribution in [1.82, 2.24) is 24.5 Å². The zero-order chi connectivity index (χ0) is 20.8. The van der Waals surface area contributed by atoms with E-state index in [9.17, 15) is 4.79 Å². The molecule has 160 valence electrons. The van der Waals surface area contributed by atoms with Gasteiger partial charge in [-0.2, -0.15) is 0 Å². The Morgan fingerprint density at radius 3 is 2.90 bits per heavy atom. The minimum atomic E-state index is 0.206. The van der Waals surface area contributed by atoms with Crippen LogP contribution in [-0.4, -0.2) is 49.2 Å². The number of thioether (sulfide) groups is 1. The Kier molecular flexibility index (Phi) is 5.47. The number of nitrogens with zero attached hydrogens (tertiary/aromatic N) is 5. The van der Waals surface area contributed by atoms with Crippen LogP contribution >= 0.6 is 23.1 Å². The van der Waals surface area contributed by atoms with Crippen LogP contribution in [0.15, 0.2) is 5.16 Å². The smallest absolute Gasteiger partial charge is 0.233 e. The summed E-state index contributed by atoms with van der Waals surface area (Å²) in [4.78, 5) is 22.3. The summed E-state index contributed by atoms with van der Waals surface area (Å²) >= 11 is 3.33. The fraction of sp³-hybridized carbons (Fsp3) is 0.636. The van der Waals surface area contributed by atoms with Crippen molar-refractivity contribution in [2.75, 3.05) is 18.8 Å². The number of aromatic nitrogens is 4.